The average molecular weight is 237 g/mol. The maximum absolute atomic E-state index is 11.7. The van der Waals surface area contributed by atoms with Crippen LogP contribution in [0, 0.1) is 11.3 Å². The van der Waals surface area contributed by atoms with Crippen LogP contribution in [0.1, 0.15) is 12.0 Å². The lowest BCUT2D eigenvalue weighted by Gasteiger charge is -2.28. The Kier molecular flexibility index (Phi) is 2.81. The predicted octanol–water partition coefficient (Wildman–Crippen LogP) is 0.603. The third kappa shape index (κ3) is 2.01. The summed E-state index contributed by atoms with van der Waals surface area (Å²) in [5.41, 5.74) is 1.11. The zero-order chi connectivity index (χ0) is 11.6. The van der Waals surface area contributed by atoms with Gasteiger partial charge >= 0.3 is 10.2 Å². The Bertz CT molecular complexity index is 516. The molecule has 1 fully saturated rings. The lowest BCUT2D eigenvalue weighted by atomic mass is 10.2. The zero-order valence-corrected chi connectivity index (χ0v) is 9.37. The first-order valence-corrected chi connectivity index (χ1v) is 6.35. The number of nitriles is 1. The minimum Gasteiger partial charge on any atom is -0.258 e. The molecule has 0 atom stereocenters. The molecule has 1 heterocycles. The first-order chi connectivity index (χ1) is 7.63. The molecule has 0 aromatic heterocycles. The molecule has 1 aliphatic heterocycles. The fourth-order valence-electron chi connectivity index (χ4n) is 1.59. The molecule has 0 aliphatic carbocycles. The van der Waals surface area contributed by atoms with E-state index in [1.165, 1.54) is 4.31 Å². The van der Waals surface area contributed by atoms with Crippen molar-refractivity contribution in [3.8, 4) is 6.07 Å². The van der Waals surface area contributed by atoms with Crippen molar-refractivity contribution in [1.82, 2.24) is 4.72 Å². The van der Waals surface area contributed by atoms with E-state index in [1.54, 1.807) is 24.3 Å². The van der Waals surface area contributed by atoms with Gasteiger partial charge in [0, 0.05) is 13.1 Å². The summed E-state index contributed by atoms with van der Waals surface area (Å²) in [5.74, 6) is 0. The second kappa shape index (κ2) is 4.12. The number of anilines is 1. The van der Waals surface area contributed by atoms with E-state index in [9.17, 15) is 8.42 Å². The Morgan fingerprint density at radius 1 is 1.31 bits per heavy atom. The van der Waals surface area contributed by atoms with Gasteiger partial charge in [0.2, 0.25) is 0 Å². The molecule has 2 rings (SSSR count). The molecular formula is C10H11N3O2S. The van der Waals surface area contributed by atoms with E-state index in [0.717, 1.165) is 6.42 Å². The van der Waals surface area contributed by atoms with Gasteiger partial charge in [0.15, 0.2) is 0 Å². The van der Waals surface area contributed by atoms with Crippen molar-refractivity contribution >= 4 is 15.9 Å². The Balaban J connectivity index is 2.33. The van der Waals surface area contributed by atoms with Crippen LogP contribution in [0.5, 0.6) is 0 Å². The molecule has 16 heavy (non-hydrogen) atoms. The largest absolute Gasteiger partial charge is 0.301 e. The van der Waals surface area contributed by atoms with Gasteiger partial charge in [0.05, 0.1) is 17.3 Å². The van der Waals surface area contributed by atoms with Crippen molar-refractivity contribution in [2.45, 2.75) is 6.42 Å². The molecule has 84 valence electrons. The van der Waals surface area contributed by atoms with Gasteiger partial charge in [-0.3, -0.25) is 4.31 Å². The topological polar surface area (TPSA) is 73.2 Å². The molecule has 0 amide bonds. The summed E-state index contributed by atoms with van der Waals surface area (Å²) in [6, 6.07) is 8.50. The second-order valence-electron chi connectivity index (χ2n) is 3.48. The molecule has 1 aliphatic rings. The van der Waals surface area contributed by atoms with E-state index in [0.29, 0.717) is 24.3 Å². The Hall–Kier alpha value is -1.58. The van der Waals surface area contributed by atoms with Gasteiger partial charge in [-0.25, -0.2) is 0 Å². The van der Waals surface area contributed by atoms with Crippen LogP contribution in [-0.4, -0.2) is 21.5 Å². The summed E-state index contributed by atoms with van der Waals surface area (Å²) in [4.78, 5) is 0. The molecule has 1 saturated heterocycles. The van der Waals surface area contributed by atoms with Crippen molar-refractivity contribution in [3.05, 3.63) is 29.8 Å². The number of hydrogen-bond acceptors (Lipinski definition) is 3. The Labute approximate surface area is 94.5 Å². The fourth-order valence-corrected chi connectivity index (χ4v) is 2.92. The molecule has 0 radical (unpaired) electrons. The van der Waals surface area contributed by atoms with Gasteiger partial charge in [-0.2, -0.15) is 18.4 Å². The van der Waals surface area contributed by atoms with Crippen molar-refractivity contribution in [2.24, 2.45) is 0 Å². The Morgan fingerprint density at radius 2 is 2.00 bits per heavy atom. The summed E-state index contributed by atoms with van der Waals surface area (Å²) in [6.45, 7) is 0.955. The van der Waals surface area contributed by atoms with E-state index >= 15 is 0 Å². The molecule has 0 saturated carbocycles. The molecule has 0 bridgehead atoms. The van der Waals surface area contributed by atoms with E-state index < -0.39 is 10.2 Å². The molecule has 0 spiro atoms. The summed E-state index contributed by atoms with van der Waals surface area (Å²) < 4.78 is 27.2. The summed E-state index contributed by atoms with van der Waals surface area (Å²) >= 11 is 0. The van der Waals surface area contributed by atoms with Crippen LogP contribution in [0.25, 0.3) is 0 Å². The smallest absolute Gasteiger partial charge is 0.258 e. The first kappa shape index (κ1) is 10.9. The molecule has 0 unspecified atom stereocenters. The molecule has 5 nitrogen and oxygen atoms in total. The van der Waals surface area contributed by atoms with Crippen LogP contribution in [0.2, 0.25) is 0 Å². The zero-order valence-electron chi connectivity index (χ0n) is 8.55. The highest BCUT2D eigenvalue weighted by molar-refractivity contribution is 7.90. The van der Waals surface area contributed by atoms with Crippen molar-refractivity contribution in [2.75, 3.05) is 17.4 Å². The Morgan fingerprint density at radius 3 is 2.56 bits per heavy atom. The van der Waals surface area contributed by atoms with Gasteiger partial charge in [-0.1, -0.05) is 0 Å². The first-order valence-electron chi connectivity index (χ1n) is 4.91. The molecule has 6 heteroatoms. The van der Waals surface area contributed by atoms with Crippen molar-refractivity contribution < 1.29 is 8.42 Å². The SMILES string of the molecule is N#Cc1ccc(N2CCCNS2(=O)=O)cc1. The number of benzene rings is 1. The molecule has 1 aromatic rings. The number of nitrogens with one attached hydrogen (secondary N) is 1. The minimum atomic E-state index is -3.40. The second-order valence-corrected chi connectivity index (χ2v) is 5.16. The van der Waals surface area contributed by atoms with Crippen LogP contribution in [-0.2, 0) is 10.2 Å². The number of hydrogen-bond donors (Lipinski definition) is 1. The maximum Gasteiger partial charge on any atom is 0.301 e. The highest BCUT2D eigenvalue weighted by Crippen LogP contribution is 2.20. The summed E-state index contributed by atoms with van der Waals surface area (Å²) in [6.07, 6.45) is 0.777. The van der Waals surface area contributed by atoms with E-state index in [-0.39, 0.29) is 0 Å². The van der Waals surface area contributed by atoms with Crippen LogP contribution in [0.3, 0.4) is 0 Å². The monoisotopic (exact) mass is 237 g/mol. The van der Waals surface area contributed by atoms with Crippen molar-refractivity contribution in [3.63, 3.8) is 0 Å². The normalized spacial score (nSPS) is 19.1. The number of nitrogens with zero attached hydrogens (tertiary/aromatic N) is 2. The highest BCUT2D eigenvalue weighted by atomic mass is 32.2. The van der Waals surface area contributed by atoms with Crippen LogP contribution in [0.4, 0.5) is 5.69 Å². The van der Waals surface area contributed by atoms with Gasteiger partial charge in [-0.05, 0) is 30.7 Å². The standard InChI is InChI=1S/C10H11N3O2S/c11-8-9-2-4-10(5-3-9)13-7-1-6-12-16(13,14)15/h2-5,12H,1,6-7H2. The quantitative estimate of drug-likeness (QED) is 0.777. The van der Waals surface area contributed by atoms with Gasteiger partial charge in [0.25, 0.3) is 0 Å². The lowest BCUT2D eigenvalue weighted by Crippen LogP contribution is -2.47. The molecule has 1 N–H and O–H groups in total. The van der Waals surface area contributed by atoms with Gasteiger partial charge in [0.1, 0.15) is 0 Å². The van der Waals surface area contributed by atoms with Crippen LogP contribution in [0.15, 0.2) is 24.3 Å². The maximum atomic E-state index is 11.7. The van der Waals surface area contributed by atoms with Crippen LogP contribution >= 0.6 is 0 Å². The fraction of sp³-hybridized carbons (Fsp3) is 0.300. The molecular weight excluding hydrogens is 226 g/mol. The van der Waals surface area contributed by atoms with Crippen LogP contribution < -0.4 is 9.03 Å². The van der Waals surface area contributed by atoms with Gasteiger partial charge in [-0.15, -0.1) is 0 Å². The van der Waals surface area contributed by atoms with E-state index in [4.69, 9.17) is 5.26 Å². The highest BCUT2D eigenvalue weighted by Gasteiger charge is 2.25. The molecule has 1 aromatic carbocycles. The predicted molar refractivity (Wildman–Crippen MR) is 60.0 cm³/mol. The minimum absolute atomic E-state index is 0.473. The third-order valence-corrected chi connectivity index (χ3v) is 3.94. The van der Waals surface area contributed by atoms with E-state index in [1.807, 2.05) is 6.07 Å². The third-order valence-electron chi connectivity index (χ3n) is 2.40. The van der Waals surface area contributed by atoms with Gasteiger partial charge < -0.3 is 0 Å². The summed E-state index contributed by atoms with van der Waals surface area (Å²) in [7, 11) is -3.40. The average Bonchev–Trinajstić information content (AvgIpc) is 2.29. The number of rotatable bonds is 1. The van der Waals surface area contributed by atoms with E-state index in [2.05, 4.69) is 4.72 Å². The lowest BCUT2D eigenvalue weighted by molar-refractivity contribution is 0.560. The van der Waals surface area contributed by atoms with Crippen molar-refractivity contribution in [1.29, 1.82) is 5.26 Å². The summed E-state index contributed by atoms with van der Waals surface area (Å²) in [5, 5.41) is 8.65.